The SMILES string of the molecule is [2H]c1c([2H])c([2H])c(NC(N)=NC(N)=NCCCCCCN=C(N)N=C(N)Nc2ccc(Cl)cc2)c([2H])c1[2H]. The third-order valence-corrected chi connectivity index (χ3v) is 4.21. The van der Waals surface area contributed by atoms with Crippen molar-refractivity contribution in [3.63, 3.8) is 0 Å². The van der Waals surface area contributed by atoms with E-state index >= 15 is 0 Å². The molecule has 0 saturated heterocycles. The number of nitrogens with zero attached hydrogens (tertiary/aromatic N) is 4. The zero-order valence-corrected chi connectivity index (χ0v) is 18.8. The molecule has 0 aliphatic heterocycles. The van der Waals surface area contributed by atoms with Gasteiger partial charge in [-0.3, -0.25) is 9.98 Å². The summed E-state index contributed by atoms with van der Waals surface area (Å²) in [5.41, 5.74) is 23.7. The van der Waals surface area contributed by atoms with Crippen LogP contribution in [0.25, 0.3) is 0 Å². The van der Waals surface area contributed by atoms with E-state index in [1.54, 1.807) is 24.3 Å². The van der Waals surface area contributed by atoms with Gasteiger partial charge in [-0.1, -0.05) is 42.6 Å². The van der Waals surface area contributed by atoms with E-state index in [4.69, 9.17) is 41.4 Å². The Bertz CT molecular complexity index is 1200. The van der Waals surface area contributed by atoms with Crippen LogP contribution in [-0.4, -0.2) is 36.9 Å². The maximum atomic E-state index is 7.88. The van der Waals surface area contributed by atoms with E-state index in [1.165, 1.54) is 0 Å². The molecule has 0 heterocycles. The van der Waals surface area contributed by atoms with Crippen LogP contribution in [0.4, 0.5) is 11.4 Å². The molecular formula is C22H31ClN10. The van der Waals surface area contributed by atoms with Crippen LogP contribution in [0.2, 0.25) is 5.02 Å². The zero-order chi connectivity index (χ0) is 28.2. The van der Waals surface area contributed by atoms with Crippen LogP contribution in [0.5, 0.6) is 0 Å². The quantitative estimate of drug-likeness (QED) is 0.184. The molecule has 0 unspecified atom stereocenters. The number of anilines is 2. The lowest BCUT2D eigenvalue weighted by molar-refractivity contribution is 0.653. The summed E-state index contributed by atoms with van der Waals surface area (Å²) in [4.78, 5) is 16.2. The van der Waals surface area contributed by atoms with Crippen molar-refractivity contribution in [2.75, 3.05) is 23.7 Å². The summed E-state index contributed by atoms with van der Waals surface area (Å²) in [6.45, 7) is 0.915. The largest absolute Gasteiger partial charge is 0.369 e. The molecule has 0 aliphatic rings. The second kappa shape index (κ2) is 14.3. The van der Waals surface area contributed by atoms with Crippen LogP contribution in [-0.2, 0) is 0 Å². The van der Waals surface area contributed by atoms with Crippen LogP contribution in [0.3, 0.4) is 0 Å². The molecule has 33 heavy (non-hydrogen) atoms. The highest BCUT2D eigenvalue weighted by Gasteiger charge is 1.98. The van der Waals surface area contributed by atoms with Crippen LogP contribution < -0.4 is 33.6 Å². The Morgan fingerprint density at radius 2 is 1.21 bits per heavy atom. The first-order valence-electron chi connectivity index (χ1n) is 12.6. The molecule has 0 atom stereocenters. The second-order valence-corrected chi connectivity index (χ2v) is 7.08. The zero-order valence-electron chi connectivity index (χ0n) is 23.0. The molecule has 0 bridgehead atoms. The van der Waals surface area contributed by atoms with Crippen LogP contribution in [0, 0.1) is 0 Å². The predicted molar refractivity (Wildman–Crippen MR) is 140 cm³/mol. The third kappa shape index (κ3) is 11.4. The smallest absolute Gasteiger partial charge is 0.218 e. The Labute approximate surface area is 206 Å². The predicted octanol–water partition coefficient (Wildman–Crippen LogP) is 2.68. The molecule has 2 aromatic carbocycles. The molecular weight excluding hydrogens is 440 g/mol. The minimum atomic E-state index is -0.502. The molecule has 10 nitrogen and oxygen atoms in total. The molecule has 0 radical (unpaired) electrons. The molecule has 2 rings (SSSR count). The Balaban J connectivity index is 1.71. The van der Waals surface area contributed by atoms with E-state index in [-0.39, 0.29) is 29.5 Å². The maximum absolute atomic E-state index is 7.88. The van der Waals surface area contributed by atoms with Crippen LogP contribution in [0.15, 0.2) is 74.4 Å². The monoisotopic (exact) mass is 475 g/mol. The van der Waals surface area contributed by atoms with Crippen LogP contribution >= 0.6 is 11.6 Å². The van der Waals surface area contributed by atoms with Crippen molar-refractivity contribution in [1.29, 1.82) is 0 Å². The normalized spacial score (nSPS) is 15.2. The Hall–Kier alpha value is -3.79. The highest BCUT2D eigenvalue weighted by Crippen LogP contribution is 2.12. The molecule has 11 heteroatoms. The second-order valence-electron chi connectivity index (χ2n) is 6.65. The van der Waals surface area contributed by atoms with E-state index in [9.17, 15) is 0 Å². The van der Waals surface area contributed by atoms with E-state index in [1.807, 2.05) is 0 Å². The van der Waals surface area contributed by atoms with E-state index < -0.39 is 30.2 Å². The fraction of sp³-hybridized carbons (Fsp3) is 0.273. The minimum Gasteiger partial charge on any atom is -0.369 e. The number of hydrogen-bond donors (Lipinski definition) is 6. The standard InChI is InChI=1S/C22H31ClN10/c23-16-10-12-18(13-11-16)31-22(27)33-20(25)29-15-7-2-1-6-14-28-19(24)32-21(26)30-17-8-4-3-5-9-17/h3-5,8-13H,1-2,6-7,14-15H2,(H5,24,26,28,30,32)(H5,25,27,29,31,33)/i3D,4D,5D,8D,9D. The Kier molecular flexibility index (Phi) is 8.13. The molecule has 0 spiro atoms. The highest BCUT2D eigenvalue weighted by molar-refractivity contribution is 6.30. The van der Waals surface area contributed by atoms with Gasteiger partial charge in [-0.15, -0.1) is 0 Å². The lowest BCUT2D eigenvalue weighted by Crippen LogP contribution is -2.26. The molecule has 2 aromatic rings. The van der Waals surface area contributed by atoms with Gasteiger partial charge in [0, 0.05) is 29.5 Å². The van der Waals surface area contributed by atoms with Gasteiger partial charge in [0.05, 0.1) is 6.85 Å². The number of unbranched alkanes of at least 4 members (excludes halogenated alkanes) is 3. The number of nitrogens with two attached hydrogens (primary N) is 4. The number of nitrogens with one attached hydrogen (secondary N) is 2. The maximum Gasteiger partial charge on any atom is 0.218 e. The first-order valence-corrected chi connectivity index (χ1v) is 10.5. The number of halogens is 1. The molecule has 10 N–H and O–H groups in total. The van der Waals surface area contributed by atoms with Gasteiger partial charge < -0.3 is 33.6 Å². The van der Waals surface area contributed by atoms with Crippen molar-refractivity contribution in [2.24, 2.45) is 42.9 Å². The minimum absolute atomic E-state index is 0.0778. The molecule has 0 aliphatic carbocycles. The van der Waals surface area contributed by atoms with Gasteiger partial charge in [0.1, 0.15) is 0 Å². The van der Waals surface area contributed by atoms with Crippen LogP contribution in [0.1, 0.15) is 32.5 Å². The lowest BCUT2D eigenvalue weighted by Gasteiger charge is -2.05. The number of benzene rings is 2. The van der Waals surface area contributed by atoms with Gasteiger partial charge >= 0.3 is 0 Å². The number of para-hydroxylation sites is 1. The Morgan fingerprint density at radius 3 is 1.73 bits per heavy atom. The fourth-order valence-electron chi connectivity index (χ4n) is 2.46. The number of hydrogen-bond acceptors (Lipinski definition) is 2. The summed E-state index contributed by atoms with van der Waals surface area (Å²) in [6, 6.07) is 4.64. The van der Waals surface area contributed by atoms with Crippen molar-refractivity contribution < 1.29 is 6.85 Å². The van der Waals surface area contributed by atoms with Gasteiger partial charge in [0.25, 0.3) is 0 Å². The molecule has 0 aromatic heterocycles. The van der Waals surface area contributed by atoms with E-state index in [2.05, 4.69) is 30.6 Å². The summed E-state index contributed by atoms with van der Waals surface area (Å²) in [6.07, 6.45) is 3.31. The summed E-state index contributed by atoms with van der Waals surface area (Å²) in [5.74, 6) is -0.140. The topological polar surface area (TPSA) is 178 Å². The van der Waals surface area contributed by atoms with Crippen molar-refractivity contribution in [2.45, 2.75) is 25.7 Å². The number of aliphatic imine (C=N–C) groups is 4. The molecule has 176 valence electrons. The first-order chi connectivity index (χ1) is 18.0. The average molecular weight is 476 g/mol. The fourth-order valence-corrected chi connectivity index (χ4v) is 2.59. The van der Waals surface area contributed by atoms with Gasteiger partial charge in [-0.05, 0) is 49.2 Å². The van der Waals surface area contributed by atoms with Crippen molar-refractivity contribution >= 4 is 46.8 Å². The number of guanidine groups is 4. The van der Waals surface area contributed by atoms with E-state index in [0.29, 0.717) is 18.1 Å². The van der Waals surface area contributed by atoms with Gasteiger partial charge in [0.15, 0.2) is 0 Å². The lowest BCUT2D eigenvalue weighted by atomic mass is 10.2. The Morgan fingerprint density at radius 1 is 0.727 bits per heavy atom. The van der Waals surface area contributed by atoms with Gasteiger partial charge in [0.2, 0.25) is 23.8 Å². The summed E-state index contributed by atoms with van der Waals surface area (Å²) < 4.78 is 38.7. The average Bonchev–Trinajstić information content (AvgIpc) is 2.87. The first kappa shape index (κ1) is 18.8. The van der Waals surface area contributed by atoms with Crippen molar-refractivity contribution in [3.05, 3.63) is 59.5 Å². The molecule has 0 amide bonds. The number of rotatable bonds is 9. The van der Waals surface area contributed by atoms with Gasteiger partial charge in [-0.2, -0.15) is 9.98 Å². The third-order valence-electron chi connectivity index (χ3n) is 3.95. The molecule has 0 fully saturated rings. The molecule has 0 saturated carbocycles. The van der Waals surface area contributed by atoms with Crippen molar-refractivity contribution in [3.8, 4) is 0 Å². The summed E-state index contributed by atoms with van der Waals surface area (Å²) in [7, 11) is 0. The highest BCUT2D eigenvalue weighted by atomic mass is 35.5. The van der Waals surface area contributed by atoms with Gasteiger partial charge in [-0.25, -0.2) is 0 Å². The van der Waals surface area contributed by atoms with E-state index in [0.717, 1.165) is 31.4 Å². The summed E-state index contributed by atoms with van der Waals surface area (Å²) >= 11 is 5.84. The summed E-state index contributed by atoms with van der Waals surface area (Å²) in [5, 5.41) is 6.01. The van der Waals surface area contributed by atoms with Crippen molar-refractivity contribution in [1.82, 2.24) is 0 Å².